The van der Waals surface area contributed by atoms with Gasteiger partial charge in [-0.25, -0.2) is 0 Å². The smallest absolute Gasteiger partial charge is 0.311 e. The molecule has 0 saturated heterocycles. The van der Waals surface area contributed by atoms with E-state index in [-0.39, 0.29) is 23.9 Å². The van der Waals surface area contributed by atoms with E-state index in [1.54, 1.807) is 0 Å². The van der Waals surface area contributed by atoms with Crippen molar-refractivity contribution in [2.24, 2.45) is 5.73 Å². The van der Waals surface area contributed by atoms with Crippen LogP contribution in [0.2, 0.25) is 0 Å². The van der Waals surface area contributed by atoms with Gasteiger partial charge in [-0.05, 0) is 31.4 Å². The topological polar surface area (TPSA) is 87.6 Å². The summed E-state index contributed by atoms with van der Waals surface area (Å²) in [6.07, 6.45) is 1.15. The Morgan fingerprint density at radius 1 is 1.43 bits per heavy atom. The molecule has 0 aliphatic heterocycles. The number of nitrogens with zero attached hydrogens (tertiary/aromatic N) is 1. The van der Waals surface area contributed by atoms with Gasteiger partial charge in [0, 0.05) is 25.1 Å². The molecule has 1 aliphatic carbocycles. The van der Waals surface area contributed by atoms with Crippen LogP contribution in [0.5, 0.6) is 5.75 Å². The number of hydrogen-bond donors (Lipinski definition) is 1. The summed E-state index contributed by atoms with van der Waals surface area (Å²) in [5, 5.41) is 11.2. The molecule has 3 unspecified atom stereocenters. The number of rotatable bonds is 6. The molecule has 2 rings (SSSR count). The highest BCUT2D eigenvalue weighted by Gasteiger charge is 2.42. The van der Waals surface area contributed by atoms with Crippen LogP contribution in [-0.4, -0.2) is 29.8 Å². The summed E-state index contributed by atoms with van der Waals surface area (Å²) in [5.74, 6) is 0.326. The van der Waals surface area contributed by atoms with E-state index in [1.165, 1.54) is 6.07 Å². The van der Waals surface area contributed by atoms with Crippen LogP contribution >= 0.6 is 0 Å². The standard InChI is InChI=1S/C15H22N2O4/c1-4-5-20-15-11(16)8-13(15)21-14-10(3)6-9(2)7-12(14)17(18)19/h6-7,11,13,15H,4-5,8,16H2,1-3H3. The Morgan fingerprint density at radius 3 is 2.71 bits per heavy atom. The third kappa shape index (κ3) is 3.33. The average molecular weight is 294 g/mol. The molecule has 0 amide bonds. The minimum absolute atomic E-state index is 0.00205. The first kappa shape index (κ1) is 15.7. The van der Waals surface area contributed by atoms with Crippen LogP contribution in [0.4, 0.5) is 5.69 Å². The van der Waals surface area contributed by atoms with Crippen LogP contribution in [0.15, 0.2) is 12.1 Å². The molecule has 0 heterocycles. The van der Waals surface area contributed by atoms with E-state index in [4.69, 9.17) is 15.2 Å². The van der Waals surface area contributed by atoms with E-state index < -0.39 is 4.92 Å². The molecule has 6 heteroatoms. The minimum Gasteiger partial charge on any atom is -0.480 e. The molecule has 116 valence electrons. The maximum Gasteiger partial charge on any atom is 0.311 e. The van der Waals surface area contributed by atoms with Crippen LogP contribution in [0.3, 0.4) is 0 Å². The van der Waals surface area contributed by atoms with E-state index in [0.29, 0.717) is 18.8 Å². The van der Waals surface area contributed by atoms with E-state index in [1.807, 2.05) is 26.8 Å². The Bertz CT molecular complexity index is 533. The van der Waals surface area contributed by atoms with Gasteiger partial charge in [0.05, 0.1) is 4.92 Å². The first-order valence-electron chi connectivity index (χ1n) is 7.23. The van der Waals surface area contributed by atoms with Crippen molar-refractivity contribution in [1.29, 1.82) is 0 Å². The molecule has 1 saturated carbocycles. The summed E-state index contributed by atoms with van der Waals surface area (Å²) >= 11 is 0. The maximum absolute atomic E-state index is 11.2. The number of ether oxygens (including phenoxy) is 2. The van der Waals surface area contributed by atoms with Crippen molar-refractivity contribution < 1.29 is 14.4 Å². The first-order chi connectivity index (χ1) is 9.93. The zero-order chi connectivity index (χ0) is 15.6. The van der Waals surface area contributed by atoms with E-state index in [9.17, 15) is 10.1 Å². The Hall–Kier alpha value is -1.66. The lowest BCUT2D eigenvalue weighted by atomic mass is 9.86. The fourth-order valence-corrected chi connectivity index (χ4v) is 2.59. The second-order valence-corrected chi connectivity index (χ2v) is 5.58. The quantitative estimate of drug-likeness (QED) is 0.643. The summed E-state index contributed by atoms with van der Waals surface area (Å²) in [5.41, 5.74) is 7.53. The third-order valence-corrected chi connectivity index (χ3v) is 3.67. The van der Waals surface area contributed by atoms with E-state index in [0.717, 1.165) is 17.5 Å². The van der Waals surface area contributed by atoms with Gasteiger partial charge >= 0.3 is 5.69 Å². The molecular formula is C15H22N2O4. The number of hydrogen-bond acceptors (Lipinski definition) is 5. The van der Waals surface area contributed by atoms with Crippen molar-refractivity contribution in [3.63, 3.8) is 0 Å². The number of nitrogens with two attached hydrogens (primary N) is 1. The monoisotopic (exact) mass is 294 g/mol. The molecule has 3 atom stereocenters. The maximum atomic E-state index is 11.2. The molecule has 0 aromatic heterocycles. The van der Waals surface area contributed by atoms with Crippen molar-refractivity contribution in [2.75, 3.05) is 6.61 Å². The molecular weight excluding hydrogens is 272 g/mol. The van der Waals surface area contributed by atoms with Crippen LogP contribution < -0.4 is 10.5 Å². The van der Waals surface area contributed by atoms with E-state index in [2.05, 4.69) is 0 Å². The fraction of sp³-hybridized carbons (Fsp3) is 0.600. The lowest BCUT2D eigenvalue weighted by molar-refractivity contribution is -0.386. The van der Waals surface area contributed by atoms with Gasteiger partial charge in [0.15, 0.2) is 5.75 Å². The van der Waals surface area contributed by atoms with Crippen LogP contribution in [0.1, 0.15) is 30.9 Å². The summed E-state index contributed by atoms with van der Waals surface area (Å²) in [7, 11) is 0. The number of aryl methyl sites for hydroxylation is 2. The molecule has 2 N–H and O–H groups in total. The number of nitro groups is 1. The predicted octanol–water partition coefficient (Wildman–Crippen LogP) is 2.49. The lowest BCUT2D eigenvalue weighted by Gasteiger charge is -2.41. The van der Waals surface area contributed by atoms with Crippen molar-refractivity contribution in [3.05, 3.63) is 33.4 Å². The van der Waals surface area contributed by atoms with Crippen molar-refractivity contribution in [3.8, 4) is 5.75 Å². The molecule has 6 nitrogen and oxygen atoms in total. The second kappa shape index (κ2) is 6.41. The average Bonchev–Trinajstić information content (AvgIpc) is 2.40. The highest BCUT2D eigenvalue weighted by Crippen LogP contribution is 2.36. The van der Waals surface area contributed by atoms with E-state index >= 15 is 0 Å². The van der Waals surface area contributed by atoms with Crippen molar-refractivity contribution >= 4 is 5.69 Å². The Morgan fingerprint density at radius 2 is 2.14 bits per heavy atom. The van der Waals surface area contributed by atoms with Gasteiger partial charge in [-0.15, -0.1) is 0 Å². The Kier molecular flexibility index (Phi) is 4.80. The lowest BCUT2D eigenvalue weighted by Crippen LogP contribution is -2.59. The molecule has 0 bridgehead atoms. The van der Waals surface area contributed by atoms with Gasteiger partial charge < -0.3 is 15.2 Å². The molecule has 1 aromatic carbocycles. The second-order valence-electron chi connectivity index (χ2n) is 5.58. The van der Waals surface area contributed by atoms with Gasteiger partial charge in [0.2, 0.25) is 0 Å². The van der Waals surface area contributed by atoms with Crippen molar-refractivity contribution in [2.45, 2.75) is 51.9 Å². The third-order valence-electron chi connectivity index (χ3n) is 3.67. The normalized spacial score (nSPS) is 24.5. The SMILES string of the molecule is CCCOC1C(N)CC1Oc1c(C)cc(C)cc1[N+](=O)[O-]. The molecule has 1 aromatic rings. The van der Waals surface area contributed by atoms with Gasteiger partial charge in [0.1, 0.15) is 12.2 Å². The van der Waals surface area contributed by atoms with Gasteiger partial charge in [-0.1, -0.05) is 13.0 Å². The predicted molar refractivity (Wildman–Crippen MR) is 79.6 cm³/mol. The fourth-order valence-electron chi connectivity index (χ4n) is 2.59. The highest BCUT2D eigenvalue weighted by molar-refractivity contribution is 5.53. The van der Waals surface area contributed by atoms with Crippen LogP contribution in [-0.2, 0) is 4.74 Å². The Balaban J connectivity index is 2.18. The molecule has 0 spiro atoms. The molecule has 21 heavy (non-hydrogen) atoms. The summed E-state index contributed by atoms with van der Waals surface area (Å²) in [6.45, 7) is 6.29. The Labute approximate surface area is 124 Å². The minimum atomic E-state index is -0.407. The van der Waals surface area contributed by atoms with Crippen molar-refractivity contribution in [1.82, 2.24) is 0 Å². The molecule has 0 radical (unpaired) electrons. The zero-order valence-corrected chi connectivity index (χ0v) is 12.7. The first-order valence-corrected chi connectivity index (χ1v) is 7.23. The van der Waals surface area contributed by atoms with Crippen LogP contribution in [0.25, 0.3) is 0 Å². The van der Waals surface area contributed by atoms with Gasteiger partial charge in [-0.2, -0.15) is 0 Å². The van der Waals surface area contributed by atoms with Crippen LogP contribution in [0, 0.1) is 24.0 Å². The molecule has 1 fully saturated rings. The zero-order valence-electron chi connectivity index (χ0n) is 12.7. The van der Waals surface area contributed by atoms with Gasteiger partial charge in [-0.3, -0.25) is 10.1 Å². The largest absolute Gasteiger partial charge is 0.480 e. The number of benzene rings is 1. The highest BCUT2D eigenvalue weighted by atomic mass is 16.6. The summed E-state index contributed by atoms with van der Waals surface area (Å²) in [6, 6.07) is 3.34. The number of nitro benzene ring substituents is 1. The summed E-state index contributed by atoms with van der Waals surface area (Å²) < 4.78 is 11.5. The summed E-state index contributed by atoms with van der Waals surface area (Å²) in [4.78, 5) is 10.8. The molecule has 1 aliphatic rings. The van der Waals surface area contributed by atoms with Gasteiger partial charge in [0.25, 0.3) is 0 Å².